The third-order valence-electron chi connectivity index (χ3n) is 1.72. The van der Waals surface area contributed by atoms with Crippen LogP contribution in [-0.2, 0) is 0 Å². The summed E-state index contributed by atoms with van der Waals surface area (Å²) in [4.78, 5) is -2.56. The fourth-order valence-corrected chi connectivity index (χ4v) is 2.37. The molecule has 0 bridgehead atoms. The zero-order valence-electron chi connectivity index (χ0n) is 8.62. The van der Waals surface area contributed by atoms with E-state index in [4.69, 9.17) is 0 Å². The van der Waals surface area contributed by atoms with Crippen LogP contribution < -0.4 is 56.8 Å². The normalized spacial score (nSPS) is 16.5. The standard InChI is InChI=1S/C6H3BBrF8S.K/c8-5-1-4(7(9,10)11)2-6(3-5)17(12,13,14,15)16;/h1-3H;/q-1;+1. The van der Waals surface area contributed by atoms with E-state index in [1.807, 2.05) is 0 Å². The van der Waals surface area contributed by atoms with Crippen LogP contribution in [0, 0.1) is 0 Å². The van der Waals surface area contributed by atoms with Gasteiger partial charge in [-0.1, -0.05) is 47.5 Å². The predicted octanol–water partition coefficient (Wildman–Crippen LogP) is 2.16. The van der Waals surface area contributed by atoms with Gasteiger partial charge in [0.25, 0.3) is 0 Å². The molecule has 100 valence electrons. The van der Waals surface area contributed by atoms with Crippen molar-refractivity contribution in [3.8, 4) is 0 Å². The molecular formula is C6H3BBrF8KS. The first kappa shape index (κ1) is 19.2. The Labute approximate surface area is 148 Å². The molecule has 0 aliphatic carbocycles. The zero-order valence-corrected chi connectivity index (χ0v) is 14.1. The summed E-state index contributed by atoms with van der Waals surface area (Å²) in [7, 11) is -10.1. The number of hydrogen-bond donors (Lipinski definition) is 0. The molecule has 0 saturated heterocycles. The van der Waals surface area contributed by atoms with Gasteiger partial charge in [-0.25, -0.2) is 0 Å². The van der Waals surface area contributed by atoms with E-state index in [9.17, 15) is 32.4 Å². The van der Waals surface area contributed by atoms with Crippen molar-refractivity contribution in [3.05, 3.63) is 22.7 Å². The SMILES string of the molecule is F[B-](F)(F)c1cc(Br)cc(S(F)(F)(F)(F)F)c1.[K+]. The van der Waals surface area contributed by atoms with Crippen LogP contribution in [-0.4, -0.2) is 6.98 Å². The molecule has 0 aliphatic heterocycles. The molecular weight excluding hydrogens is 386 g/mol. The van der Waals surface area contributed by atoms with Gasteiger partial charge in [0.1, 0.15) is 4.90 Å². The molecule has 0 aliphatic rings. The summed E-state index contributed by atoms with van der Waals surface area (Å²) in [5.74, 6) is 0. The third-order valence-corrected chi connectivity index (χ3v) is 3.30. The van der Waals surface area contributed by atoms with Crippen molar-refractivity contribution in [3.63, 3.8) is 0 Å². The van der Waals surface area contributed by atoms with Gasteiger partial charge in [0.15, 0.2) is 0 Å². The minimum Gasteiger partial charge on any atom is -0.445 e. The fourth-order valence-electron chi connectivity index (χ4n) is 0.996. The first-order chi connectivity index (χ1) is 7.09. The summed E-state index contributed by atoms with van der Waals surface area (Å²) in [5.41, 5.74) is -1.73. The van der Waals surface area contributed by atoms with Gasteiger partial charge in [0.05, 0.1) is 0 Å². The van der Waals surface area contributed by atoms with Gasteiger partial charge in [0.2, 0.25) is 0 Å². The van der Waals surface area contributed by atoms with Crippen LogP contribution in [0.5, 0.6) is 0 Å². The first-order valence-corrected chi connectivity index (χ1v) is 6.58. The molecule has 12 heteroatoms. The molecule has 0 atom stereocenters. The maximum atomic E-state index is 12.3. The molecule has 0 amide bonds. The molecule has 0 spiro atoms. The molecule has 1 aromatic rings. The molecule has 0 saturated carbocycles. The largest absolute Gasteiger partial charge is 1.00 e. The Morgan fingerprint density at radius 1 is 0.889 bits per heavy atom. The van der Waals surface area contributed by atoms with E-state index < -0.39 is 38.1 Å². The quantitative estimate of drug-likeness (QED) is 0.538. The van der Waals surface area contributed by atoms with Crippen LogP contribution >= 0.6 is 26.2 Å². The Kier molecular flexibility index (Phi) is 4.90. The van der Waals surface area contributed by atoms with Crippen LogP contribution in [0.15, 0.2) is 27.6 Å². The Morgan fingerprint density at radius 3 is 1.67 bits per heavy atom. The molecule has 1 rings (SSSR count). The molecule has 1 aromatic carbocycles. The molecule has 0 fully saturated rings. The van der Waals surface area contributed by atoms with Crippen molar-refractivity contribution >= 4 is 38.6 Å². The predicted molar refractivity (Wildman–Crippen MR) is 54.3 cm³/mol. The van der Waals surface area contributed by atoms with Crippen LogP contribution in [0.3, 0.4) is 0 Å². The molecule has 0 radical (unpaired) electrons. The third kappa shape index (κ3) is 5.29. The molecule has 18 heavy (non-hydrogen) atoms. The van der Waals surface area contributed by atoms with Gasteiger partial charge in [-0.2, -0.15) is 0 Å². The van der Waals surface area contributed by atoms with E-state index in [2.05, 4.69) is 15.9 Å². The van der Waals surface area contributed by atoms with E-state index in [1.54, 1.807) is 0 Å². The first-order valence-electron chi connectivity index (χ1n) is 3.84. The van der Waals surface area contributed by atoms with E-state index in [0.717, 1.165) is 0 Å². The maximum absolute atomic E-state index is 12.3. The van der Waals surface area contributed by atoms with Crippen molar-refractivity contribution in [2.75, 3.05) is 0 Å². The number of benzene rings is 1. The zero-order chi connectivity index (χ0) is 13.8. The minimum absolute atomic E-state index is 0. The average molecular weight is 389 g/mol. The monoisotopic (exact) mass is 388 g/mol. The summed E-state index contributed by atoms with van der Waals surface area (Å²) in [6.07, 6.45) is 0. The number of halogens is 9. The van der Waals surface area contributed by atoms with Crippen LogP contribution in [0.1, 0.15) is 0 Å². The second-order valence-corrected chi connectivity index (χ2v) is 6.59. The van der Waals surface area contributed by atoms with Gasteiger partial charge in [0, 0.05) is 4.47 Å². The second-order valence-electron chi connectivity index (χ2n) is 3.26. The van der Waals surface area contributed by atoms with Gasteiger partial charge in [-0.3, -0.25) is 0 Å². The summed E-state index contributed by atoms with van der Waals surface area (Å²) in [6, 6.07) is -0.341. The Bertz CT molecular complexity index is 468. The molecule has 0 nitrogen and oxygen atoms in total. The van der Waals surface area contributed by atoms with E-state index in [1.165, 1.54) is 0 Å². The summed E-state index contributed by atoms with van der Waals surface area (Å²) >= 11 is 2.34. The van der Waals surface area contributed by atoms with E-state index >= 15 is 0 Å². The summed E-state index contributed by atoms with van der Waals surface area (Å²) < 4.78 is 97.5. The minimum atomic E-state index is -10.1. The van der Waals surface area contributed by atoms with E-state index in [-0.39, 0.29) is 57.5 Å². The van der Waals surface area contributed by atoms with Crippen molar-refractivity contribution in [1.82, 2.24) is 0 Å². The van der Waals surface area contributed by atoms with Crippen molar-refractivity contribution in [1.29, 1.82) is 0 Å². The molecule has 0 unspecified atom stereocenters. The number of hydrogen-bond acceptors (Lipinski definition) is 0. The van der Waals surface area contributed by atoms with Crippen molar-refractivity contribution < 1.29 is 83.8 Å². The fraction of sp³-hybridized carbons (Fsp3) is 0. The van der Waals surface area contributed by atoms with Crippen molar-refractivity contribution in [2.24, 2.45) is 0 Å². The van der Waals surface area contributed by atoms with E-state index in [0.29, 0.717) is 6.07 Å². The Morgan fingerprint density at radius 2 is 1.33 bits per heavy atom. The maximum Gasteiger partial charge on any atom is 1.00 e. The number of rotatable bonds is 2. The topological polar surface area (TPSA) is 0 Å². The van der Waals surface area contributed by atoms with Crippen molar-refractivity contribution in [2.45, 2.75) is 4.90 Å². The summed E-state index contributed by atoms with van der Waals surface area (Å²) in [6.45, 7) is -5.79. The van der Waals surface area contributed by atoms with Gasteiger partial charge in [-0.15, -0.1) is 5.46 Å². The molecule has 0 N–H and O–H groups in total. The average Bonchev–Trinajstić information content (AvgIpc) is 1.96. The molecule has 0 aromatic heterocycles. The van der Waals surface area contributed by atoms with Crippen LogP contribution in [0.25, 0.3) is 0 Å². The summed E-state index contributed by atoms with van der Waals surface area (Å²) in [5, 5.41) is 0. The smallest absolute Gasteiger partial charge is 0.445 e. The van der Waals surface area contributed by atoms with Crippen LogP contribution in [0.2, 0.25) is 0 Å². The second kappa shape index (κ2) is 4.60. The van der Waals surface area contributed by atoms with Gasteiger partial charge >= 0.3 is 68.6 Å². The van der Waals surface area contributed by atoms with Gasteiger partial charge in [-0.05, 0) is 6.07 Å². The molecule has 0 heterocycles. The Hall–Kier alpha value is 1.19. The Balaban J connectivity index is 0.00000289. The van der Waals surface area contributed by atoms with Gasteiger partial charge < -0.3 is 12.9 Å². The van der Waals surface area contributed by atoms with Crippen LogP contribution in [0.4, 0.5) is 32.4 Å².